The molecule has 0 saturated carbocycles. The molecule has 0 spiro atoms. The van der Waals surface area contributed by atoms with E-state index in [9.17, 15) is 4.79 Å². The number of nitriles is 1. The quantitative estimate of drug-likeness (QED) is 0.498. The van der Waals surface area contributed by atoms with Crippen LogP contribution in [-0.2, 0) is 4.79 Å². The van der Waals surface area contributed by atoms with Gasteiger partial charge in [0.2, 0.25) is 0 Å². The Labute approximate surface area is 172 Å². The number of rotatable bonds is 5. The summed E-state index contributed by atoms with van der Waals surface area (Å²) in [5.41, 5.74) is 2.87. The van der Waals surface area contributed by atoms with Gasteiger partial charge in [-0.1, -0.05) is 24.3 Å². The molecule has 0 saturated heterocycles. The number of hydrogen-bond acceptors (Lipinski definition) is 5. The van der Waals surface area contributed by atoms with E-state index in [4.69, 9.17) is 10.00 Å². The fourth-order valence-electron chi connectivity index (χ4n) is 2.85. The van der Waals surface area contributed by atoms with Crippen molar-refractivity contribution in [2.24, 2.45) is 0 Å². The topological polar surface area (TPSA) is 75.0 Å². The van der Waals surface area contributed by atoms with Crippen LogP contribution in [0.2, 0.25) is 0 Å². The summed E-state index contributed by atoms with van der Waals surface area (Å²) in [5, 5.41) is 12.8. The number of benzene rings is 3. The van der Waals surface area contributed by atoms with Crippen LogP contribution < -0.4 is 10.1 Å². The highest BCUT2D eigenvalue weighted by atomic mass is 32.1. The highest BCUT2D eigenvalue weighted by Gasteiger charge is 2.16. The van der Waals surface area contributed by atoms with Crippen LogP contribution >= 0.6 is 11.3 Å². The number of thiazole rings is 1. The molecule has 4 rings (SSSR count). The molecule has 1 unspecified atom stereocenters. The number of para-hydroxylation sites is 2. The van der Waals surface area contributed by atoms with Crippen molar-refractivity contribution in [1.82, 2.24) is 4.98 Å². The number of fused-ring (bicyclic) bond motifs is 1. The molecule has 0 radical (unpaired) electrons. The van der Waals surface area contributed by atoms with Gasteiger partial charge in [-0.2, -0.15) is 5.26 Å². The maximum atomic E-state index is 12.4. The van der Waals surface area contributed by atoms with Gasteiger partial charge in [0, 0.05) is 5.56 Å². The number of carbonyl (C=O) groups is 1. The van der Waals surface area contributed by atoms with Gasteiger partial charge in [-0.25, -0.2) is 4.98 Å². The minimum Gasteiger partial charge on any atom is -0.481 e. The summed E-state index contributed by atoms with van der Waals surface area (Å²) >= 11 is 1.64. The molecule has 0 aliphatic heterocycles. The molecular weight excluding hydrogens is 382 g/mol. The number of anilines is 1. The highest BCUT2D eigenvalue weighted by Crippen LogP contribution is 2.31. The van der Waals surface area contributed by atoms with E-state index >= 15 is 0 Å². The van der Waals surface area contributed by atoms with Crippen LogP contribution in [0.4, 0.5) is 5.69 Å². The summed E-state index contributed by atoms with van der Waals surface area (Å²) < 4.78 is 6.90. The van der Waals surface area contributed by atoms with Crippen LogP contribution in [0.3, 0.4) is 0 Å². The minimum atomic E-state index is -0.713. The van der Waals surface area contributed by atoms with E-state index in [1.165, 1.54) is 0 Å². The van der Waals surface area contributed by atoms with E-state index in [2.05, 4.69) is 22.4 Å². The lowest BCUT2D eigenvalue weighted by Gasteiger charge is -2.15. The lowest BCUT2D eigenvalue weighted by Crippen LogP contribution is -2.30. The summed E-state index contributed by atoms with van der Waals surface area (Å²) in [7, 11) is 0. The van der Waals surface area contributed by atoms with Gasteiger partial charge in [0.05, 0.1) is 21.5 Å². The molecule has 142 valence electrons. The van der Waals surface area contributed by atoms with Gasteiger partial charge in [-0.15, -0.1) is 11.3 Å². The van der Waals surface area contributed by atoms with Crippen molar-refractivity contribution in [1.29, 1.82) is 5.26 Å². The number of amides is 1. The van der Waals surface area contributed by atoms with Crippen LogP contribution in [0.25, 0.3) is 20.8 Å². The smallest absolute Gasteiger partial charge is 0.265 e. The summed E-state index contributed by atoms with van der Waals surface area (Å²) in [4.78, 5) is 17.1. The minimum absolute atomic E-state index is 0.317. The van der Waals surface area contributed by atoms with Crippen molar-refractivity contribution in [3.05, 3.63) is 78.4 Å². The first-order valence-electron chi connectivity index (χ1n) is 9.07. The van der Waals surface area contributed by atoms with Crippen molar-refractivity contribution in [2.75, 3.05) is 5.32 Å². The lowest BCUT2D eigenvalue weighted by atomic mass is 10.2. The SMILES string of the molecule is CC(Oc1ccc(-c2nc3ccccc3s2)cc1)C(=O)Nc1ccccc1C#N. The van der Waals surface area contributed by atoms with Crippen molar-refractivity contribution in [2.45, 2.75) is 13.0 Å². The maximum Gasteiger partial charge on any atom is 0.265 e. The number of ether oxygens (including phenoxy) is 1. The van der Waals surface area contributed by atoms with Gasteiger partial charge < -0.3 is 10.1 Å². The van der Waals surface area contributed by atoms with Gasteiger partial charge in [0.25, 0.3) is 5.91 Å². The molecule has 3 aromatic carbocycles. The van der Waals surface area contributed by atoms with Crippen molar-refractivity contribution in [3.63, 3.8) is 0 Å². The van der Waals surface area contributed by atoms with E-state index in [1.807, 2.05) is 42.5 Å². The monoisotopic (exact) mass is 399 g/mol. The van der Waals surface area contributed by atoms with Crippen LogP contribution in [-0.4, -0.2) is 17.0 Å². The molecule has 0 bridgehead atoms. The largest absolute Gasteiger partial charge is 0.481 e. The summed E-state index contributed by atoms with van der Waals surface area (Å²) in [6.45, 7) is 1.67. The molecule has 0 fully saturated rings. The third-order valence-corrected chi connectivity index (χ3v) is 5.47. The van der Waals surface area contributed by atoms with Crippen LogP contribution in [0.5, 0.6) is 5.75 Å². The zero-order valence-corrected chi connectivity index (χ0v) is 16.4. The lowest BCUT2D eigenvalue weighted by molar-refractivity contribution is -0.122. The van der Waals surface area contributed by atoms with Gasteiger partial charge in [-0.05, 0) is 55.5 Å². The number of aromatic nitrogens is 1. The number of nitrogens with zero attached hydrogens (tertiary/aromatic N) is 2. The number of hydrogen-bond donors (Lipinski definition) is 1. The molecule has 1 atom stereocenters. The van der Waals surface area contributed by atoms with Gasteiger partial charge in [-0.3, -0.25) is 4.79 Å². The molecule has 0 aliphatic rings. The molecule has 0 aliphatic carbocycles. The van der Waals surface area contributed by atoms with Crippen molar-refractivity contribution >= 4 is 33.1 Å². The fourth-order valence-corrected chi connectivity index (χ4v) is 3.82. The van der Waals surface area contributed by atoms with E-state index in [-0.39, 0.29) is 5.91 Å². The zero-order valence-electron chi connectivity index (χ0n) is 15.6. The normalized spacial score (nSPS) is 11.6. The Kier molecular flexibility index (Phi) is 5.23. The molecule has 1 heterocycles. The highest BCUT2D eigenvalue weighted by molar-refractivity contribution is 7.21. The van der Waals surface area contributed by atoms with E-state index in [0.717, 1.165) is 20.8 Å². The molecule has 29 heavy (non-hydrogen) atoms. The van der Waals surface area contributed by atoms with Crippen LogP contribution in [0.15, 0.2) is 72.8 Å². The second kappa shape index (κ2) is 8.13. The Morgan fingerprint density at radius 2 is 1.79 bits per heavy atom. The third kappa shape index (κ3) is 4.10. The molecular formula is C23H17N3O2S. The second-order valence-corrected chi connectivity index (χ2v) is 7.45. The average Bonchev–Trinajstić information content (AvgIpc) is 3.19. The van der Waals surface area contributed by atoms with Gasteiger partial charge in [0.15, 0.2) is 6.10 Å². The first kappa shape index (κ1) is 18.7. The first-order valence-corrected chi connectivity index (χ1v) is 9.88. The maximum absolute atomic E-state index is 12.4. The molecule has 5 nitrogen and oxygen atoms in total. The Morgan fingerprint density at radius 1 is 1.07 bits per heavy atom. The number of carbonyl (C=O) groups excluding carboxylic acids is 1. The average molecular weight is 399 g/mol. The third-order valence-electron chi connectivity index (χ3n) is 4.38. The van der Waals surface area contributed by atoms with Crippen molar-refractivity contribution in [3.8, 4) is 22.4 Å². The van der Waals surface area contributed by atoms with E-state index < -0.39 is 6.10 Å². The van der Waals surface area contributed by atoms with Gasteiger partial charge in [0.1, 0.15) is 16.8 Å². The van der Waals surface area contributed by atoms with Crippen LogP contribution in [0, 0.1) is 11.3 Å². The summed E-state index contributed by atoms with van der Waals surface area (Å²) in [6.07, 6.45) is -0.713. The summed E-state index contributed by atoms with van der Waals surface area (Å²) in [5.74, 6) is 0.272. The van der Waals surface area contributed by atoms with E-state index in [0.29, 0.717) is 17.0 Å². The standard InChI is InChI=1S/C23H17N3O2S/c1-15(22(27)25-19-7-3-2-6-17(19)14-24)28-18-12-10-16(11-13-18)23-26-20-8-4-5-9-21(20)29-23/h2-13,15H,1H3,(H,25,27). The predicted molar refractivity (Wildman–Crippen MR) is 115 cm³/mol. The summed E-state index contributed by atoms with van der Waals surface area (Å²) in [6, 6.07) is 24.5. The van der Waals surface area contributed by atoms with E-state index in [1.54, 1.807) is 42.5 Å². The Balaban J connectivity index is 1.44. The fraction of sp³-hybridized carbons (Fsp3) is 0.0870. The van der Waals surface area contributed by atoms with Crippen molar-refractivity contribution < 1.29 is 9.53 Å². The predicted octanol–water partition coefficient (Wildman–Crippen LogP) is 5.24. The molecule has 1 N–H and O–H groups in total. The Hall–Kier alpha value is -3.69. The zero-order chi connectivity index (χ0) is 20.2. The number of nitrogens with one attached hydrogen (secondary N) is 1. The molecule has 4 aromatic rings. The van der Waals surface area contributed by atoms with Crippen LogP contribution in [0.1, 0.15) is 12.5 Å². The molecule has 1 amide bonds. The molecule has 6 heteroatoms. The second-order valence-electron chi connectivity index (χ2n) is 6.42. The Morgan fingerprint density at radius 3 is 2.55 bits per heavy atom. The molecule has 1 aromatic heterocycles. The van der Waals surface area contributed by atoms with Gasteiger partial charge >= 0.3 is 0 Å². The first-order chi connectivity index (χ1) is 14.1. The Bertz CT molecular complexity index is 1180.